The van der Waals surface area contributed by atoms with E-state index in [1.54, 1.807) is 28.6 Å². The topological polar surface area (TPSA) is 64.9 Å². The quantitative estimate of drug-likeness (QED) is 0.230. The minimum Gasteiger partial charge on any atom is -0.488 e. The van der Waals surface area contributed by atoms with Crippen molar-refractivity contribution in [1.82, 2.24) is 25.5 Å². The summed E-state index contributed by atoms with van der Waals surface area (Å²) in [6, 6.07) is 22.2. The first kappa shape index (κ1) is 23.2. The van der Waals surface area contributed by atoms with Crippen molar-refractivity contribution < 1.29 is 9.13 Å². The summed E-state index contributed by atoms with van der Waals surface area (Å²) in [5.74, 6) is 1.22. The Hall–Kier alpha value is -2.94. The van der Waals surface area contributed by atoms with Gasteiger partial charge >= 0.3 is 0 Å². The number of hydrogen-bond donors (Lipinski definition) is 1. The lowest BCUT2D eigenvalue weighted by molar-refractivity contribution is 0.296. The Balaban J connectivity index is 1.23. The molecule has 4 rings (SSSR count). The lowest BCUT2D eigenvalue weighted by atomic mass is 10.2. The van der Waals surface area contributed by atoms with Crippen molar-refractivity contribution in [2.24, 2.45) is 0 Å². The van der Waals surface area contributed by atoms with Crippen molar-refractivity contribution >= 4 is 23.4 Å². The van der Waals surface area contributed by atoms with E-state index in [-0.39, 0.29) is 12.4 Å². The molecule has 1 N–H and O–H groups in total. The van der Waals surface area contributed by atoms with Gasteiger partial charge in [0.25, 0.3) is 0 Å². The molecule has 0 bridgehead atoms. The fourth-order valence-electron chi connectivity index (χ4n) is 3.19. The van der Waals surface area contributed by atoms with Crippen LogP contribution in [0.25, 0.3) is 5.69 Å². The maximum Gasteiger partial charge on any atom is 0.214 e. The summed E-state index contributed by atoms with van der Waals surface area (Å²) in [7, 11) is 0. The molecule has 0 atom stereocenters. The highest BCUT2D eigenvalue weighted by Gasteiger charge is 2.10. The molecule has 0 amide bonds. The zero-order chi connectivity index (χ0) is 22.9. The van der Waals surface area contributed by atoms with Gasteiger partial charge in [0.2, 0.25) is 5.16 Å². The number of benzene rings is 3. The Morgan fingerprint density at radius 3 is 2.67 bits per heavy atom. The summed E-state index contributed by atoms with van der Waals surface area (Å²) in [6.07, 6.45) is 0.945. The van der Waals surface area contributed by atoms with Crippen molar-refractivity contribution in [3.63, 3.8) is 0 Å². The van der Waals surface area contributed by atoms with Gasteiger partial charge in [-0.15, -0.1) is 5.10 Å². The number of halogens is 2. The summed E-state index contributed by atoms with van der Waals surface area (Å²) in [5, 5.41) is 16.6. The van der Waals surface area contributed by atoms with E-state index >= 15 is 0 Å². The summed E-state index contributed by atoms with van der Waals surface area (Å²) < 4.78 is 21.6. The smallest absolute Gasteiger partial charge is 0.214 e. The number of tetrazole rings is 1. The molecule has 6 nitrogen and oxygen atoms in total. The molecule has 0 radical (unpaired) electrons. The molecule has 33 heavy (non-hydrogen) atoms. The van der Waals surface area contributed by atoms with E-state index < -0.39 is 0 Å². The van der Waals surface area contributed by atoms with Gasteiger partial charge < -0.3 is 10.1 Å². The number of nitrogens with one attached hydrogen (secondary N) is 1. The highest BCUT2D eigenvalue weighted by Crippen LogP contribution is 2.24. The van der Waals surface area contributed by atoms with E-state index in [2.05, 4.69) is 20.8 Å². The summed E-state index contributed by atoms with van der Waals surface area (Å²) in [6.45, 7) is 1.55. The number of nitrogens with zero attached hydrogens (tertiary/aromatic N) is 4. The molecule has 0 unspecified atom stereocenters. The second-order valence-electron chi connectivity index (χ2n) is 7.18. The predicted octanol–water partition coefficient (Wildman–Crippen LogP) is 5.31. The minimum atomic E-state index is -0.367. The van der Waals surface area contributed by atoms with Crippen molar-refractivity contribution in [3.05, 3.63) is 94.8 Å². The van der Waals surface area contributed by atoms with Crippen LogP contribution in [0.5, 0.6) is 5.75 Å². The van der Waals surface area contributed by atoms with Gasteiger partial charge in [-0.05, 0) is 53.7 Å². The van der Waals surface area contributed by atoms with E-state index in [1.165, 1.54) is 6.07 Å². The summed E-state index contributed by atoms with van der Waals surface area (Å²) in [4.78, 5) is 0. The highest BCUT2D eigenvalue weighted by atomic mass is 35.5. The number of para-hydroxylation sites is 2. The van der Waals surface area contributed by atoms with Crippen LogP contribution in [0.15, 0.2) is 78.0 Å². The van der Waals surface area contributed by atoms with Gasteiger partial charge in [-0.1, -0.05) is 65.8 Å². The van der Waals surface area contributed by atoms with Gasteiger partial charge in [0.1, 0.15) is 18.2 Å². The summed E-state index contributed by atoms with van der Waals surface area (Å²) in [5.41, 5.74) is 2.30. The zero-order valence-electron chi connectivity index (χ0n) is 17.8. The maximum atomic E-state index is 14.0. The first-order valence-electron chi connectivity index (χ1n) is 10.5. The Bertz CT molecular complexity index is 1150. The van der Waals surface area contributed by atoms with Crippen molar-refractivity contribution in [2.75, 3.05) is 12.3 Å². The minimum absolute atomic E-state index is 0.0787. The van der Waals surface area contributed by atoms with Gasteiger partial charge in [0.15, 0.2) is 0 Å². The lowest BCUT2D eigenvalue weighted by Gasteiger charge is -2.13. The van der Waals surface area contributed by atoms with Gasteiger partial charge in [-0.3, -0.25) is 0 Å². The Morgan fingerprint density at radius 1 is 1.00 bits per heavy atom. The second-order valence-corrected chi connectivity index (χ2v) is 8.65. The van der Waals surface area contributed by atoms with Gasteiger partial charge in [-0.25, -0.2) is 4.39 Å². The molecule has 0 spiro atoms. The Labute approximate surface area is 201 Å². The average Bonchev–Trinajstić information content (AvgIpc) is 3.31. The SMILES string of the molecule is Fc1cccc(Cl)c1COc1ccccc1CNCCCSc1nnnn1-c1ccccc1. The maximum absolute atomic E-state index is 14.0. The molecule has 0 saturated carbocycles. The number of rotatable bonds is 11. The van der Waals surface area contributed by atoms with Crippen LogP contribution in [0, 0.1) is 5.82 Å². The van der Waals surface area contributed by atoms with Crippen LogP contribution in [0.4, 0.5) is 4.39 Å². The van der Waals surface area contributed by atoms with E-state index in [4.69, 9.17) is 16.3 Å². The molecule has 4 aromatic rings. The molecule has 9 heteroatoms. The largest absolute Gasteiger partial charge is 0.488 e. The van der Waals surface area contributed by atoms with E-state index in [9.17, 15) is 4.39 Å². The molecule has 1 aromatic heterocycles. The van der Waals surface area contributed by atoms with Crippen LogP contribution in [-0.4, -0.2) is 32.5 Å². The molecular weight excluding hydrogens is 461 g/mol. The standard InChI is InChI=1S/C24H23ClFN5OS/c25-21-11-6-12-22(26)20(21)17-32-23-13-5-4-8-18(23)16-27-14-7-15-33-24-28-29-30-31(24)19-9-2-1-3-10-19/h1-6,8-13,27H,7,14-17H2. The van der Waals surface area contributed by atoms with Crippen LogP contribution in [-0.2, 0) is 13.2 Å². The number of aromatic nitrogens is 4. The normalized spacial score (nSPS) is 11.0. The molecule has 0 fully saturated rings. The van der Waals surface area contributed by atoms with Gasteiger partial charge in [-0.2, -0.15) is 4.68 Å². The third-order valence-electron chi connectivity index (χ3n) is 4.89. The van der Waals surface area contributed by atoms with Crippen LogP contribution >= 0.6 is 23.4 Å². The molecule has 0 aliphatic rings. The van der Waals surface area contributed by atoms with Gasteiger partial charge in [0.05, 0.1) is 10.7 Å². The third kappa shape index (κ3) is 6.31. The second kappa shape index (κ2) is 11.8. The van der Waals surface area contributed by atoms with Crippen molar-refractivity contribution in [2.45, 2.75) is 24.7 Å². The summed E-state index contributed by atoms with van der Waals surface area (Å²) >= 11 is 7.72. The molecule has 1 heterocycles. The van der Waals surface area contributed by atoms with Gasteiger partial charge in [0, 0.05) is 23.4 Å². The van der Waals surface area contributed by atoms with Crippen LogP contribution in [0.2, 0.25) is 5.02 Å². The van der Waals surface area contributed by atoms with E-state index in [0.717, 1.165) is 35.1 Å². The van der Waals surface area contributed by atoms with Crippen LogP contribution < -0.4 is 10.1 Å². The molecule has 3 aromatic carbocycles. The molecule has 0 saturated heterocycles. The predicted molar refractivity (Wildman–Crippen MR) is 128 cm³/mol. The average molecular weight is 484 g/mol. The lowest BCUT2D eigenvalue weighted by Crippen LogP contribution is -2.16. The first-order chi connectivity index (χ1) is 16.2. The fourth-order valence-corrected chi connectivity index (χ4v) is 4.24. The van der Waals surface area contributed by atoms with Crippen LogP contribution in [0.3, 0.4) is 0 Å². The Kier molecular flexibility index (Phi) is 8.30. The van der Waals surface area contributed by atoms with E-state index in [1.807, 2.05) is 54.6 Å². The Morgan fingerprint density at radius 2 is 1.82 bits per heavy atom. The fraction of sp³-hybridized carbons (Fsp3) is 0.208. The van der Waals surface area contributed by atoms with Crippen LogP contribution in [0.1, 0.15) is 17.5 Å². The molecule has 0 aliphatic heterocycles. The monoisotopic (exact) mass is 483 g/mol. The molecule has 0 aliphatic carbocycles. The number of ether oxygens (including phenoxy) is 1. The number of thioether (sulfide) groups is 1. The van der Waals surface area contributed by atoms with E-state index in [0.29, 0.717) is 22.9 Å². The third-order valence-corrected chi connectivity index (χ3v) is 6.25. The highest BCUT2D eigenvalue weighted by molar-refractivity contribution is 7.99. The first-order valence-corrected chi connectivity index (χ1v) is 11.9. The molecular formula is C24H23ClFN5OS. The molecule has 170 valence electrons. The van der Waals surface area contributed by atoms with Crippen molar-refractivity contribution in [3.8, 4) is 11.4 Å². The number of hydrogen-bond acceptors (Lipinski definition) is 6. The zero-order valence-corrected chi connectivity index (χ0v) is 19.4. The van der Waals surface area contributed by atoms with Crippen molar-refractivity contribution in [1.29, 1.82) is 0 Å².